The van der Waals surface area contributed by atoms with Crippen molar-refractivity contribution in [3.05, 3.63) is 59.7 Å². The Morgan fingerprint density at radius 2 is 0.783 bits per heavy atom. The summed E-state index contributed by atoms with van der Waals surface area (Å²) < 4.78 is 32.1. The van der Waals surface area contributed by atoms with E-state index < -0.39 is 47.8 Å². The van der Waals surface area contributed by atoms with E-state index in [0.29, 0.717) is 48.8 Å². The number of hydrogen-bond acceptors (Lipinski definition) is 12. The molecule has 3 rings (SSSR count). The summed E-state index contributed by atoms with van der Waals surface area (Å²) in [6.45, 7) is 8.69. The normalized spacial score (nSPS) is 15.1. The lowest BCUT2D eigenvalue weighted by Crippen LogP contribution is -2.54. The lowest BCUT2D eigenvalue weighted by atomic mass is 9.88. The number of rotatable bonds is 16. The quantitative estimate of drug-likeness (QED) is 0.151. The highest BCUT2D eigenvalue weighted by atomic mass is 16.6. The van der Waals surface area contributed by atoms with Crippen molar-refractivity contribution < 1.29 is 47.6 Å². The molecule has 1 aliphatic rings. The summed E-state index contributed by atoms with van der Waals surface area (Å²) in [4.78, 5) is 57.3. The lowest BCUT2D eigenvalue weighted by Gasteiger charge is -2.44. The predicted octanol–water partition coefficient (Wildman–Crippen LogP) is 3.59. The molecule has 0 N–H and O–H groups in total. The number of nitrogens with zero attached hydrogens (tertiary/aromatic N) is 2. The fraction of sp³-hybridized carbons (Fsp3) is 0.529. The number of carbonyl (C=O) groups is 4. The third-order valence-corrected chi connectivity index (χ3v) is 7.84. The summed E-state index contributed by atoms with van der Waals surface area (Å²) in [6.07, 6.45) is 0. The Morgan fingerprint density at radius 1 is 0.522 bits per heavy atom. The summed E-state index contributed by atoms with van der Waals surface area (Å²) in [7, 11) is 3.12. The van der Waals surface area contributed by atoms with Gasteiger partial charge in [-0.25, -0.2) is 0 Å². The van der Waals surface area contributed by atoms with E-state index in [-0.39, 0.29) is 26.4 Å². The smallest absolute Gasteiger partial charge is 0.322 e. The van der Waals surface area contributed by atoms with Crippen molar-refractivity contribution in [2.75, 3.05) is 66.8 Å². The number of hydrogen-bond donors (Lipinski definition) is 0. The van der Waals surface area contributed by atoms with Gasteiger partial charge < -0.3 is 28.4 Å². The summed E-state index contributed by atoms with van der Waals surface area (Å²) in [5.41, 5.74) is 1.42. The third kappa shape index (κ3) is 8.97. The van der Waals surface area contributed by atoms with E-state index >= 15 is 0 Å². The van der Waals surface area contributed by atoms with Gasteiger partial charge in [-0.3, -0.25) is 29.0 Å². The van der Waals surface area contributed by atoms with Crippen LogP contribution in [0.2, 0.25) is 0 Å². The van der Waals surface area contributed by atoms with Crippen molar-refractivity contribution in [3.63, 3.8) is 0 Å². The van der Waals surface area contributed by atoms with Crippen molar-refractivity contribution in [1.29, 1.82) is 0 Å². The Hall–Kier alpha value is -4.16. The number of methoxy groups -OCH3 is 2. The third-order valence-electron chi connectivity index (χ3n) is 7.84. The number of carbonyl (C=O) groups excluding carboxylic acids is 4. The second-order valence-electron chi connectivity index (χ2n) is 10.5. The molecule has 12 nitrogen and oxygen atoms in total. The fourth-order valence-corrected chi connectivity index (χ4v) is 5.76. The minimum atomic E-state index is -1.25. The van der Waals surface area contributed by atoms with Crippen LogP contribution in [0.25, 0.3) is 0 Å². The average molecular weight is 643 g/mol. The van der Waals surface area contributed by atoms with Crippen LogP contribution in [0.1, 0.15) is 50.9 Å². The second kappa shape index (κ2) is 18.1. The Labute approximate surface area is 270 Å². The van der Waals surface area contributed by atoms with Gasteiger partial charge in [0, 0.05) is 26.2 Å². The Kier molecular flexibility index (Phi) is 14.3. The van der Waals surface area contributed by atoms with E-state index in [2.05, 4.69) is 0 Å². The van der Waals surface area contributed by atoms with Gasteiger partial charge in [0.25, 0.3) is 0 Å². The molecule has 12 heteroatoms. The molecular formula is C34H46N2O10. The highest BCUT2D eigenvalue weighted by Gasteiger charge is 2.46. The summed E-state index contributed by atoms with van der Waals surface area (Å²) in [6, 6.07) is 12.9. The summed E-state index contributed by atoms with van der Waals surface area (Å²) in [5, 5.41) is 0. The van der Waals surface area contributed by atoms with Crippen LogP contribution < -0.4 is 9.47 Å². The SMILES string of the molecule is CCOC(=O)C(C(=O)OCC)[C@@H](c1ccc(OC)cc1)N1CCN([C@H](c2ccc(OC)cc2)C(C(=O)OCC)C(=O)OCC)CC1. The van der Waals surface area contributed by atoms with Crippen molar-refractivity contribution in [1.82, 2.24) is 9.80 Å². The molecule has 2 atom stereocenters. The number of esters is 4. The largest absolute Gasteiger partial charge is 0.497 e. The zero-order chi connectivity index (χ0) is 33.6. The molecule has 1 saturated heterocycles. The molecule has 1 heterocycles. The highest BCUT2D eigenvalue weighted by molar-refractivity contribution is 5.96. The molecule has 0 spiro atoms. The minimum absolute atomic E-state index is 0.102. The monoisotopic (exact) mass is 642 g/mol. The maximum atomic E-state index is 13.3. The molecule has 1 aliphatic heterocycles. The number of benzene rings is 2. The minimum Gasteiger partial charge on any atom is -0.497 e. The topological polar surface area (TPSA) is 130 Å². The summed E-state index contributed by atoms with van der Waals surface area (Å²) >= 11 is 0. The van der Waals surface area contributed by atoms with E-state index in [1.165, 1.54) is 0 Å². The predicted molar refractivity (Wildman–Crippen MR) is 168 cm³/mol. The van der Waals surface area contributed by atoms with E-state index in [1.807, 2.05) is 34.1 Å². The second-order valence-corrected chi connectivity index (χ2v) is 10.5. The van der Waals surface area contributed by atoms with Crippen molar-refractivity contribution >= 4 is 23.9 Å². The highest BCUT2D eigenvalue weighted by Crippen LogP contribution is 2.37. The lowest BCUT2D eigenvalue weighted by molar-refractivity contribution is -0.169. The zero-order valence-corrected chi connectivity index (χ0v) is 27.6. The molecule has 0 aliphatic carbocycles. The van der Waals surface area contributed by atoms with E-state index in [9.17, 15) is 19.2 Å². The molecule has 0 saturated carbocycles. The van der Waals surface area contributed by atoms with Gasteiger partial charge in [0.2, 0.25) is 0 Å². The molecule has 0 bridgehead atoms. The first kappa shape index (κ1) is 36.3. The van der Waals surface area contributed by atoms with Gasteiger partial charge in [-0.1, -0.05) is 24.3 Å². The zero-order valence-electron chi connectivity index (χ0n) is 27.6. The van der Waals surface area contributed by atoms with Gasteiger partial charge in [0.15, 0.2) is 11.8 Å². The Bertz CT molecular complexity index is 1140. The molecule has 252 valence electrons. The van der Waals surface area contributed by atoms with Crippen LogP contribution in [0.15, 0.2) is 48.5 Å². The molecule has 1 fully saturated rings. The van der Waals surface area contributed by atoms with Gasteiger partial charge in [-0.05, 0) is 63.1 Å². The molecule has 0 radical (unpaired) electrons. The van der Waals surface area contributed by atoms with Crippen LogP contribution in [0.5, 0.6) is 11.5 Å². The number of piperazine rings is 1. The average Bonchev–Trinajstić information content (AvgIpc) is 3.06. The Balaban J connectivity index is 2.03. The molecule has 0 unspecified atom stereocenters. The van der Waals surface area contributed by atoms with Crippen molar-refractivity contribution in [2.45, 2.75) is 39.8 Å². The Morgan fingerprint density at radius 3 is 1.00 bits per heavy atom. The first-order valence-electron chi connectivity index (χ1n) is 15.7. The van der Waals surface area contributed by atoms with Crippen molar-refractivity contribution in [2.24, 2.45) is 11.8 Å². The van der Waals surface area contributed by atoms with Gasteiger partial charge in [0.05, 0.1) is 52.7 Å². The van der Waals surface area contributed by atoms with Gasteiger partial charge in [0.1, 0.15) is 11.5 Å². The van der Waals surface area contributed by atoms with E-state index in [1.54, 1.807) is 66.2 Å². The van der Waals surface area contributed by atoms with Gasteiger partial charge in [-0.15, -0.1) is 0 Å². The standard InChI is InChI=1S/C34H46N2O10/c1-7-43-31(37)27(32(38)44-8-2)29(23-11-15-25(41-5)16-12-23)35-19-21-36(22-20-35)30(24-13-17-26(42-6)18-14-24)28(33(39)45-9-3)34(40)46-10-4/h11-18,27-30H,7-10,19-22H2,1-6H3/t29-,30-/m1/s1. The van der Waals surface area contributed by atoms with E-state index in [0.717, 1.165) is 0 Å². The van der Waals surface area contributed by atoms with Gasteiger partial charge in [-0.2, -0.15) is 0 Å². The van der Waals surface area contributed by atoms with Crippen LogP contribution in [-0.4, -0.2) is 101 Å². The maximum Gasteiger partial charge on any atom is 0.322 e. The maximum absolute atomic E-state index is 13.3. The fourth-order valence-electron chi connectivity index (χ4n) is 5.76. The first-order valence-corrected chi connectivity index (χ1v) is 15.7. The molecule has 0 aromatic heterocycles. The molecule has 46 heavy (non-hydrogen) atoms. The van der Waals surface area contributed by atoms with Crippen LogP contribution in [0.3, 0.4) is 0 Å². The van der Waals surface area contributed by atoms with Crippen LogP contribution in [0.4, 0.5) is 0 Å². The molecular weight excluding hydrogens is 596 g/mol. The molecule has 2 aromatic rings. The number of ether oxygens (including phenoxy) is 6. The molecule has 2 aromatic carbocycles. The summed E-state index contributed by atoms with van der Waals surface area (Å²) in [5.74, 6) is -3.94. The van der Waals surface area contributed by atoms with Crippen molar-refractivity contribution in [3.8, 4) is 11.5 Å². The van der Waals surface area contributed by atoms with Crippen LogP contribution in [0, 0.1) is 11.8 Å². The molecule has 0 amide bonds. The van der Waals surface area contributed by atoms with Gasteiger partial charge >= 0.3 is 23.9 Å². The van der Waals surface area contributed by atoms with E-state index in [4.69, 9.17) is 28.4 Å². The van der Waals surface area contributed by atoms with Crippen LogP contribution in [-0.2, 0) is 38.1 Å². The first-order chi connectivity index (χ1) is 22.2. The van der Waals surface area contributed by atoms with Crippen LogP contribution >= 0.6 is 0 Å².